The van der Waals surface area contributed by atoms with E-state index in [4.69, 9.17) is 4.52 Å². The standard InChI is InChI=1S/C13H17N3O3S/c1-10-11-4-3-5-12(13(11)19-14-10)15-6-8-16(9-7-15)20(2,17)18/h3-5H,6-9H2,1-2H3. The molecule has 1 aromatic carbocycles. The van der Waals surface area contributed by atoms with Gasteiger partial charge in [-0.05, 0) is 19.1 Å². The van der Waals surface area contributed by atoms with Crippen molar-refractivity contribution in [1.82, 2.24) is 9.46 Å². The first-order chi connectivity index (χ1) is 9.47. The molecular formula is C13H17N3O3S. The Morgan fingerprint density at radius 3 is 2.55 bits per heavy atom. The lowest BCUT2D eigenvalue weighted by atomic mass is 10.1. The predicted octanol–water partition coefficient (Wildman–Crippen LogP) is 1.22. The zero-order chi connectivity index (χ0) is 14.3. The average molecular weight is 295 g/mol. The van der Waals surface area contributed by atoms with Gasteiger partial charge in [-0.3, -0.25) is 0 Å². The smallest absolute Gasteiger partial charge is 0.211 e. The van der Waals surface area contributed by atoms with Crippen molar-refractivity contribution in [3.63, 3.8) is 0 Å². The van der Waals surface area contributed by atoms with Crippen LogP contribution in [0.2, 0.25) is 0 Å². The van der Waals surface area contributed by atoms with Crippen LogP contribution in [0, 0.1) is 6.92 Å². The molecule has 2 aromatic rings. The fourth-order valence-corrected chi connectivity index (χ4v) is 3.41. The topological polar surface area (TPSA) is 66.7 Å². The normalized spacial score (nSPS) is 17.8. The van der Waals surface area contributed by atoms with Crippen LogP contribution in [0.5, 0.6) is 0 Å². The number of hydrogen-bond acceptors (Lipinski definition) is 5. The van der Waals surface area contributed by atoms with E-state index in [0.29, 0.717) is 26.2 Å². The van der Waals surface area contributed by atoms with Crippen molar-refractivity contribution in [3.05, 3.63) is 23.9 Å². The van der Waals surface area contributed by atoms with Crippen molar-refractivity contribution in [3.8, 4) is 0 Å². The highest BCUT2D eigenvalue weighted by atomic mass is 32.2. The number of para-hydroxylation sites is 1. The van der Waals surface area contributed by atoms with Crippen LogP contribution in [-0.4, -0.2) is 50.3 Å². The number of anilines is 1. The number of sulfonamides is 1. The molecule has 3 rings (SSSR count). The van der Waals surface area contributed by atoms with Gasteiger partial charge >= 0.3 is 0 Å². The summed E-state index contributed by atoms with van der Waals surface area (Å²) >= 11 is 0. The van der Waals surface area contributed by atoms with Gasteiger partial charge in [0, 0.05) is 31.6 Å². The highest BCUT2D eigenvalue weighted by Crippen LogP contribution is 2.29. The van der Waals surface area contributed by atoms with Gasteiger partial charge in [0.2, 0.25) is 10.0 Å². The minimum atomic E-state index is -3.10. The maximum absolute atomic E-state index is 11.5. The molecule has 2 heterocycles. The van der Waals surface area contributed by atoms with E-state index in [-0.39, 0.29) is 0 Å². The number of rotatable bonds is 2. The molecule has 1 fully saturated rings. The molecule has 1 saturated heterocycles. The summed E-state index contributed by atoms with van der Waals surface area (Å²) in [6, 6.07) is 5.95. The molecule has 108 valence electrons. The third kappa shape index (κ3) is 2.27. The third-order valence-electron chi connectivity index (χ3n) is 3.71. The SMILES string of the molecule is Cc1noc2c(N3CCN(S(C)(=O)=O)CC3)cccc12. The van der Waals surface area contributed by atoms with Crippen molar-refractivity contribution in [2.75, 3.05) is 37.3 Å². The molecule has 0 aliphatic carbocycles. The monoisotopic (exact) mass is 295 g/mol. The quantitative estimate of drug-likeness (QED) is 0.833. The van der Waals surface area contributed by atoms with Crippen molar-refractivity contribution in [2.24, 2.45) is 0 Å². The van der Waals surface area contributed by atoms with Crippen LogP contribution in [0.15, 0.2) is 22.7 Å². The maximum Gasteiger partial charge on any atom is 0.211 e. The van der Waals surface area contributed by atoms with Crippen LogP contribution in [0.4, 0.5) is 5.69 Å². The van der Waals surface area contributed by atoms with E-state index in [1.165, 1.54) is 10.6 Å². The van der Waals surface area contributed by atoms with Gasteiger partial charge < -0.3 is 9.42 Å². The van der Waals surface area contributed by atoms with E-state index < -0.39 is 10.0 Å². The number of benzene rings is 1. The van der Waals surface area contributed by atoms with Crippen molar-refractivity contribution in [1.29, 1.82) is 0 Å². The molecule has 0 atom stereocenters. The van der Waals surface area contributed by atoms with Gasteiger partial charge in [0.05, 0.1) is 17.6 Å². The van der Waals surface area contributed by atoms with Crippen molar-refractivity contribution >= 4 is 26.7 Å². The molecule has 0 radical (unpaired) electrons. The molecule has 1 aliphatic rings. The fourth-order valence-electron chi connectivity index (χ4n) is 2.58. The molecule has 20 heavy (non-hydrogen) atoms. The number of aryl methyl sites for hydroxylation is 1. The van der Waals surface area contributed by atoms with Crippen molar-refractivity contribution in [2.45, 2.75) is 6.92 Å². The Hall–Kier alpha value is -1.60. The van der Waals surface area contributed by atoms with Gasteiger partial charge in [0.1, 0.15) is 0 Å². The van der Waals surface area contributed by atoms with Gasteiger partial charge in [0.15, 0.2) is 5.58 Å². The van der Waals surface area contributed by atoms with Crippen LogP contribution in [-0.2, 0) is 10.0 Å². The van der Waals surface area contributed by atoms with Crippen molar-refractivity contribution < 1.29 is 12.9 Å². The van der Waals surface area contributed by atoms with E-state index in [9.17, 15) is 8.42 Å². The molecule has 7 heteroatoms. The molecule has 0 N–H and O–H groups in total. The largest absolute Gasteiger partial charge is 0.366 e. The van der Waals surface area contributed by atoms with Gasteiger partial charge in [-0.25, -0.2) is 8.42 Å². The Kier molecular flexibility index (Phi) is 3.18. The van der Waals surface area contributed by atoms with Crippen LogP contribution < -0.4 is 4.90 Å². The average Bonchev–Trinajstić information content (AvgIpc) is 2.80. The summed E-state index contributed by atoms with van der Waals surface area (Å²) in [5, 5.41) is 5.00. The van der Waals surface area contributed by atoms with Gasteiger partial charge in [0.25, 0.3) is 0 Å². The van der Waals surface area contributed by atoms with E-state index >= 15 is 0 Å². The lowest BCUT2D eigenvalue weighted by Gasteiger charge is -2.34. The van der Waals surface area contributed by atoms with Crippen LogP contribution in [0.25, 0.3) is 11.0 Å². The lowest BCUT2D eigenvalue weighted by molar-refractivity contribution is 0.387. The Labute approximate surface area is 118 Å². The van der Waals surface area contributed by atoms with E-state index in [0.717, 1.165) is 22.4 Å². The molecule has 1 aromatic heterocycles. The number of nitrogens with zero attached hydrogens (tertiary/aromatic N) is 3. The molecule has 6 nitrogen and oxygen atoms in total. The van der Waals surface area contributed by atoms with E-state index in [1.807, 2.05) is 25.1 Å². The molecule has 0 bridgehead atoms. The lowest BCUT2D eigenvalue weighted by Crippen LogP contribution is -2.48. The number of fused-ring (bicyclic) bond motifs is 1. The Morgan fingerprint density at radius 2 is 1.90 bits per heavy atom. The van der Waals surface area contributed by atoms with Crippen LogP contribution in [0.1, 0.15) is 5.69 Å². The van der Waals surface area contributed by atoms with Crippen LogP contribution in [0.3, 0.4) is 0 Å². The first-order valence-corrected chi connectivity index (χ1v) is 8.37. The predicted molar refractivity (Wildman–Crippen MR) is 77.4 cm³/mol. The van der Waals surface area contributed by atoms with E-state index in [2.05, 4.69) is 10.1 Å². The highest BCUT2D eigenvalue weighted by molar-refractivity contribution is 7.88. The summed E-state index contributed by atoms with van der Waals surface area (Å²) in [6.07, 6.45) is 1.25. The first kappa shape index (κ1) is 13.4. The van der Waals surface area contributed by atoms with Gasteiger partial charge in [-0.15, -0.1) is 0 Å². The van der Waals surface area contributed by atoms with E-state index in [1.54, 1.807) is 0 Å². The second-order valence-electron chi connectivity index (χ2n) is 5.07. The minimum Gasteiger partial charge on any atom is -0.366 e. The Balaban J connectivity index is 1.87. The number of piperazine rings is 1. The summed E-state index contributed by atoms with van der Waals surface area (Å²) < 4.78 is 30.0. The number of aromatic nitrogens is 1. The Morgan fingerprint density at radius 1 is 1.20 bits per heavy atom. The van der Waals surface area contributed by atoms with Gasteiger partial charge in [-0.2, -0.15) is 4.31 Å². The zero-order valence-corrected chi connectivity index (χ0v) is 12.4. The van der Waals surface area contributed by atoms with Gasteiger partial charge in [-0.1, -0.05) is 11.2 Å². The second-order valence-corrected chi connectivity index (χ2v) is 7.05. The third-order valence-corrected chi connectivity index (χ3v) is 5.01. The van der Waals surface area contributed by atoms with Crippen LogP contribution >= 0.6 is 0 Å². The molecule has 1 aliphatic heterocycles. The summed E-state index contributed by atoms with van der Waals surface area (Å²) in [4.78, 5) is 2.15. The molecule has 0 unspecified atom stereocenters. The number of hydrogen-bond donors (Lipinski definition) is 0. The molecule has 0 spiro atoms. The summed E-state index contributed by atoms with van der Waals surface area (Å²) in [5.41, 5.74) is 2.63. The molecule has 0 amide bonds. The summed E-state index contributed by atoms with van der Waals surface area (Å²) in [6.45, 7) is 4.24. The fraction of sp³-hybridized carbons (Fsp3) is 0.462. The minimum absolute atomic E-state index is 0.502. The summed E-state index contributed by atoms with van der Waals surface area (Å²) in [7, 11) is -3.10. The highest BCUT2D eigenvalue weighted by Gasteiger charge is 2.25. The Bertz CT molecular complexity index is 730. The summed E-state index contributed by atoms with van der Waals surface area (Å²) in [5.74, 6) is 0. The zero-order valence-electron chi connectivity index (χ0n) is 11.5. The second kappa shape index (κ2) is 4.75. The maximum atomic E-state index is 11.5. The molecular weight excluding hydrogens is 278 g/mol. The molecule has 0 saturated carbocycles. The first-order valence-electron chi connectivity index (χ1n) is 6.52.